The average molecular weight is 250 g/mol. The van der Waals surface area contributed by atoms with Crippen molar-refractivity contribution in [2.45, 2.75) is 32.8 Å². The van der Waals surface area contributed by atoms with E-state index in [4.69, 9.17) is 4.74 Å². The summed E-state index contributed by atoms with van der Waals surface area (Å²) < 4.78 is 10.0. The summed E-state index contributed by atoms with van der Waals surface area (Å²) in [6.07, 6.45) is 0.313. The number of hydrogen-bond donors (Lipinski definition) is 0. The topological polar surface area (TPSA) is 52.6 Å². The van der Waals surface area contributed by atoms with Crippen molar-refractivity contribution in [3.8, 4) is 5.75 Å². The molecule has 18 heavy (non-hydrogen) atoms. The molecule has 1 rings (SSSR count). The van der Waals surface area contributed by atoms with E-state index in [2.05, 4.69) is 4.74 Å². The summed E-state index contributed by atoms with van der Waals surface area (Å²) in [6.45, 7) is 3.84. The predicted octanol–water partition coefficient (Wildman–Crippen LogP) is 2.61. The number of esters is 1. The molecule has 0 fully saturated rings. The van der Waals surface area contributed by atoms with Gasteiger partial charge < -0.3 is 9.47 Å². The van der Waals surface area contributed by atoms with Gasteiger partial charge in [-0.05, 0) is 26.0 Å². The van der Waals surface area contributed by atoms with Crippen molar-refractivity contribution in [3.05, 3.63) is 29.8 Å². The van der Waals surface area contributed by atoms with Crippen LogP contribution in [0.25, 0.3) is 0 Å². The highest BCUT2D eigenvalue weighted by Gasteiger charge is 2.10. The fraction of sp³-hybridized carbons (Fsp3) is 0.429. The molecule has 0 unspecified atom stereocenters. The standard InChI is InChI=1S/C14H18O4/c1-10(2)18-12-6-4-5-11(9-12)13(15)7-8-14(16)17-3/h4-6,9-10H,7-8H2,1-3H3. The molecule has 1 aromatic rings. The zero-order valence-electron chi connectivity index (χ0n) is 10.9. The lowest BCUT2D eigenvalue weighted by atomic mass is 10.1. The Morgan fingerprint density at radius 1 is 1.22 bits per heavy atom. The fourth-order valence-corrected chi connectivity index (χ4v) is 1.48. The Morgan fingerprint density at radius 3 is 2.56 bits per heavy atom. The first-order valence-electron chi connectivity index (χ1n) is 5.89. The van der Waals surface area contributed by atoms with Crippen LogP contribution in [0.5, 0.6) is 5.75 Å². The van der Waals surface area contributed by atoms with Gasteiger partial charge in [0.1, 0.15) is 5.75 Å². The molecule has 0 aromatic heterocycles. The van der Waals surface area contributed by atoms with Crippen molar-refractivity contribution in [2.75, 3.05) is 7.11 Å². The van der Waals surface area contributed by atoms with Crippen LogP contribution < -0.4 is 4.74 Å². The Balaban J connectivity index is 2.65. The first-order valence-corrected chi connectivity index (χ1v) is 5.89. The molecule has 0 heterocycles. The van der Waals surface area contributed by atoms with Crippen LogP contribution >= 0.6 is 0 Å². The monoisotopic (exact) mass is 250 g/mol. The lowest BCUT2D eigenvalue weighted by Crippen LogP contribution is -2.08. The highest BCUT2D eigenvalue weighted by Crippen LogP contribution is 2.16. The van der Waals surface area contributed by atoms with Gasteiger partial charge in [0.25, 0.3) is 0 Å². The molecule has 0 spiro atoms. The molecular formula is C14H18O4. The molecule has 0 atom stereocenters. The van der Waals surface area contributed by atoms with Gasteiger partial charge in [0.2, 0.25) is 0 Å². The molecule has 4 heteroatoms. The van der Waals surface area contributed by atoms with E-state index in [1.807, 2.05) is 13.8 Å². The summed E-state index contributed by atoms with van der Waals surface area (Å²) in [7, 11) is 1.31. The number of benzene rings is 1. The second kappa shape index (κ2) is 6.79. The van der Waals surface area contributed by atoms with Gasteiger partial charge in [0, 0.05) is 12.0 Å². The zero-order chi connectivity index (χ0) is 13.5. The maximum atomic E-state index is 11.8. The third kappa shape index (κ3) is 4.57. The number of ether oxygens (including phenoxy) is 2. The minimum Gasteiger partial charge on any atom is -0.491 e. The van der Waals surface area contributed by atoms with Crippen molar-refractivity contribution in [3.63, 3.8) is 0 Å². The summed E-state index contributed by atoms with van der Waals surface area (Å²) in [4.78, 5) is 22.8. The minimum atomic E-state index is -0.377. The number of methoxy groups -OCH3 is 1. The second-order valence-corrected chi connectivity index (χ2v) is 4.19. The van der Waals surface area contributed by atoms with Gasteiger partial charge in [0.05, 0.1) is 19.6 Å². The Morgan fingerprint density at radius 2 is 1.94 bits per heavy atom. The SMILES string of the molecule is COC(=O)CCC(=O)c1cccc(OC(C)C)c1. The van der Waals surface area contributed by atoms with Crippen LogP contribution in [0.1, 0.15) is 37.0 Å². The van der Waals surface area contributed by atoms with Crippen molar-refractivity contribution in [1.29, 1.82) is 0 Å². The molecule has 1 aromatic carbocycles. The molecule has 0 aliphatic rings. The zero-order valence-corrected chi connectivity index (χ0v) is 10.9. The Hall–Kier alpha value is -1.84. The van der Waals surface area contributed by atoms with E-state index in [0.29, 0.717) is 11.3 Å². The number of ketones is 1. The summed E-state index contributed by atoms with van der Waals surface area (Å²) in [5.74, 6) is 0.196. The van der Waals surface area contributed by atoms with E-state index in [0.717, 1.165) is 0 Å². The van der Waals surface area contributed by atoms with E-state index in [9.17, 15) is 9.59 Å². The molecule has 0 saturated carbocycles. The normalized spacial score (nSPS) is 10.2. The molecule has 0 bridgehead atoms. The number of Topliss-reactive ketones (excluding diaryl/α,β-unsaturated/α-hetero) is 1. The van der Waals surface area contributed by atoms with E-state index in [-0.39, 0.29) is 30.7 Å². The lowest BCUT2D eigenvalue weighted by molar-refractivity contribution is -0.140. The largest absolute Gasteiger partial charge is 0.491 e. The number of carbonyl (C=O) groups excluding carboxylic acids is 2. The Bertz CT molecular complexity index is 424. The molecule has 0 aliphatic heterocycles. The summed E-state index contributed by atoms with van der Waals surface area (Å²) in [5.41, 5.74) is 0.553. The molecular weight excluding hydrogens is 232 g/mol. The fourth-order valence-electron chi connectivity index (χ4n) is 1.48. The van der Waals surface area contributed by atoms with Gasteiger partial charge in [0.15, 0.2) is 5.78 Å². The highest BCUT2D eigenvalue weighted by molar-refractivity contribution is 5.97. The molecule has 98 valence electrons. The van der Waals surface area contributed by atoms with Crippen molar-refractivity contribution in [1.82, 2.24) is 0 Å². The minimum absolute atomic E-state index is 0.0606. The van der Waals surface area contributed by atoms with E-state index < -0.39 is 0 Å². The molecule has 0 N–H and O–H groups in total. The second-order valence-electron chi connectivity index (χ2n) is 4.19. The molecule has 4 nitrogen and oxygen atoms in total. The highest BCUT2D eigenvalue weighted by atomic mass is 16.5. The van der Waals surface area contributed by atoms with Gasteiger partial charge >= 0.3 is 5.97 Å². The van der Waals surface area contributed by atoms with Crippen molar-refractivity contribution in [2.24, 2.45) is 0 Å². The van der Waals surface area contributed by atoms with Gasteiger partial charge in [-0.25, -0.2) is 0 Å². The smallest absolute Gasteiger partial charge is 0.305 e. The van der Waals surface area contributed by atoms with Gasteiger partial charge in [-0.3, -0.25) is 9.59 Å². The average Bonchev–Trinajstić information content (AvgIpc) is 2.35. The molecule has 0 aliphatic carbocycles. The van der Waals surface area contributed by atoms with Gasteiger partial charge in [-0.1, -0.05) is 12.1 Å². The molecule has 0 radical (unpaired) electrons. The van der Waals surface area contributed by atoms with Crippen LogP contribution in [-0.4, -0.2) is 25.0 Å². The van der Waals surface area contributed by atoms with Crippen LogP contribution in [0.4, 0.5) is 0 Å². The summed E-state index contributed by atoms with van der Waals surface area (Å²) in [6, 6.07) is 6.98. The van der Waals surface area contributed by atoms with Gasteiger partial charge in [-0.2, -0.15) is 0 Å². The first-order chi connectivity index (χ1) is 8.52. The molecule has 0 amide bonds. The van der Waals surface area contributed by atoms with Gasteiger partial charge in [-0.15, -0.1) is 0 Å². The van der Waals surface area contributed by atoms with Crippen LogP contribution in [0.3, 0.4) is 0 Å². The lowest BCUT2D eigenvalue weighted by Gasteiger charge is -2.10. The van der Waals surface area contributed by atoms with Crippen molar-refractivity contribution < 1.29 is 19.1 Å². The summed E-state index contributed by atoms with van der Waals surface area (Å²) >= 11 is 0. The van der Waals surface area contributed by atoms with E-state index >= 15 is 0 Å². The maximum Gasteiger partial charge on any atom is 0.305 e. The van der Waals surface area contributed by atoms with E-state index in [1.54, 1.807) is 24.3 Å². The third-order valence-electron chi connectivity index (χ3n) is 2.31. The number of carbonyl (C=O) groups is 2. The van der Waals surface area contributed by atoms with Crippen LogP contribution in [0.15, 0.2) is 24.3 Å². The maximum absolute atomic E-state index is 11.8. The van der Waals surface area contributed by atoms with Crippen LogP contribution in [0, 0.1) is 0 Å². The number of rotatable bonds is 6. The first kappa shape index (κ1) is 14.2. The number of hydrogen-bond acceptors (Lipinski definition) is 4. The quantitative estimate of drug-likeness (QED) is 0.575. The van der Waals surface area contributed by atoms with Crippen molar-refractivity contribution >= 4 is 11.8 Å². The Kier molecular flexibility index (Phi) is 5.36. The van der Waals surface area contributed by atoms with E-state index in [1.165, 1.54) is 7.11 Å². The molecule has 0 saturated heterocycles. The summed E-state index contributed by atoms with van der Waals surface area (Å²) in [5, 5.41) is 0. The van der Waals surface area contributed by atoms with Crippen LogP contribution in [-0.2, 0) is 9.53 Å². The Labute approximate surface area is 107 Å². The third-order valence-corrected chi connectivity index (χ3v) is 2.31. The van der Waals surface area contributed by atoms with Crippen LogP contribution in [0.2, 0.25) is 0 Å². The predicted molar refractivity (Wildman–Crippen MR) is 67.8 cm³/mol.